The van der Waals surface area contributed by atoms with Crippen LogP contribution in [0.3, 0.4) is 0 Å². The number of hydrogen-bond acceptors (Lipinski definition) is 3. The van der Waals surface area contributed by atoms with Gasteiger partial charge in [0.25, 0.3) is 0 Å². The fraction of sp³-hybridized carbons (Fsp3) is 0. The Kier molecular flexibility index (Phi) is 6.31. The maximum atomic E-state index is 6.65. The van der Waals surface area contributed by atoms with Crippen LogP contribution in [0, 0.1) is 0 Å². The number of hydrogen-bond donors (Lipinski definition) is 0. The summed E-state index contributed by atoms with van der Waals surface area (Å²) in [4.78, 5) is 5.30. The third-order valence-electron chi connectivity index (χ3n) is 11.2. The van der Waals surface area contributed by atoms with Crippen molar-refractivity contribution in [3.8, 4) is 39.3 Å². The van der Waals surface area contributed by atoms with E-state index in [2.05, 4.69) is 162 Å². The molecule has 0 spiro atoms. The monoisotopic (exact) mass is 702 g/mol. The molecule has 0 N–H and O–H groups in total. The molecule has 0 aliphatic carbocycles. The number of imidazole rings is 1. The van der Waals surface area contributed by atoms with E-state index in [0.29, 0.717) is 0 Å². The Morgan fingerprint density at radius 3 is 1.44 bits per heavy atom. The van der Waals surface area contributed by atoms with Gasteiger partial charge in [-0.3, -0.25) is 4.57 Å². The Morgan fingerprint density at radius 2 is 0.836 bits per heavy atom. The van der Waals surface area contributed by atoms with Gasteiger partial charge < -0.3 is 8.83 Å². The van der Waals surface area contributed by atoms with E-state index in [1.165, 1.54) is 0 Å². The predicted octanol–water partition coefficient (Wildman–Crippen LogP) is 14.1. The molecule has 0 amide bonds. The molecule has 0 aliphatic heterocycles. The molecule has 0 saturated carbocycles. The van der Waals surface area contributed by atoms with Crippen molar-refractivity contribution >= 4 is 76.5 Å². The maximum absolute atomic E-state index is 6.65. The molecule has 4 heteroatoms. The second-order valence-corrected chi connectivity index (χ2v) is 14.2. The molecule has 0 unspecified atom stereocenters. The van der Waals surface area contributed by atoms with Crippen LogP contribution < -0.4 is 0 Å². The Labute approximate surface area is 315 Å². The Morgan fingerprint density at radius 1 is 0.364 bits per heavy atom. The van der Waals surface area contributed by atoms with E-state index in [1.54, 1.807) is 0 Å². The van der Waals surface area contributed by atoms with Crippen molar-refractivity contribution in [3.05, 3.63) is 182 Å². The fourth-order valence-electron chi connectivity index (χ4n) is 8.81. The lowest BCUT2D eigenvalue weighted by molar-refractivity contribution is 0.669. The van der Waals surface area contributed by atoms with Crippen LogP contribution in [0.2, 0.25) is 0 Å². The first-order valence-electron chi connectivity index (χ1n) is 18.6. The minimum absolute atomic E-state index is 0.884. The summed E-state index contributed by atoms with van der Waals surface area (Å²) < 4.78 is 15.7. The molecule has 55 heavy (non-hydrogen) atoms. The SMILES string of the molecule is c1ccc(-c2nc3ccccc3n2-c2c3cccc(-c4cccc5c4oc4ccccc45)c3cc3c(-c4cccc5c4oc4ccccc45)cccc23)cc1. The van der Waals surface area contributed by atoms with Gasteiger partial charge in [-0.2, -0.15) is 0 Å². The molecule has 3 heterocycles. The van der Waals surface area contributed by atoms with Crippen molar-refractivity contribution in [2.75, 3.05) is 0 Å². The summed E-state index contributed by atoms with van der Waals surface area (Å²) in [6.07, 6.45) is 0. The Balaban J connectivity index is 1.26. The molecule has 256 valence electrons. The smallest absolute Gasteiger partial charge is 0.145 e. The highest BCUT2D eigenvalue weighted by atomic mass is 16.3. The van der Waals surface area contributed by atoms with Crippen LogP contribution in [0.25, 0.3) is 116 Å². The van der Waals surface area contributed by atoms with Crippen molar-refractivity contribution in [1.82, 2.24) is 9.55 Å². The normalized spacial score (nSPS) is 12.0. The van der Waals surface area contributed by atoms with Crippen molar-refractivity contribution < 1.29 is 8.83 Å². The van der Waals surface area contributed by atoms with Gasteiger partial charge >= 0.3 is 0 Å². The van der Waals surface area contributed by atoms with Crippen molar-refractivity contribution in [2.24, 2.45) is 0 Å². The maximum Gasteiger partial charge on any atom is 0.145 e. The molecule has 0 saturated heterocycles. The van der Waals surface area contributed by atoms with Crippen molar-refractivity contribution in [2.45, 2.75) is 0 Å². The molecule has 0 aliphatic rings. The second-order valence-electron chi connectivity index (χ2n) is 14.2. The van der Waals surface area contributed by atoms with Gasteiger partial charge in [-0.05, 0) is 52.2 Å². The average Bonchev–Trinajstić information content (AvgIpc) is 3.94. The second kappa shape index (κ2) is 11.5. The zero-order valence-corrected chi connectivity index (χ0v) is 29.5. The van der Waals surface area contributed by atoms with E-state index in [1.807, 2.05) is 24.3 Å². The van der Waals surface area contributed by atoms with Gasteiger partial charge in [0, 0.05) is 49.0 Å². The molecule has 0 atom stereocenters. The molecular weight excluding hydrogens is 673 g/mol. The van der Waals surface area contributed by atoms with Crippen LogP contribution >= 0.6 is 0 Å². The largest absolute Gasteiger partial charge is 0.455 e. The number of benzene rings is 9. The number of furan rings is 2. The highest BCUT2D eigenvalue weighted by molar-refractivity contribution is 6.20. The van der Waals surface area contributed by atoms with Crippen LogP contribution in [0.1, 0.15) is 0 Å². The van der Waals surface area contributed by atoms with E-state index in [9.17, 15) is 0 Å². The molecule has 0 fully saturated rings. The van der Waals surface area contributed by atoms with Gasteiger partial charge in [-0.25, -0.2) is 4.98 Å². The standard InChI is InChI=1S/C51H30N2O2/c1-2-14-31(15-3-1)51-52-44-26-6-7-27-45(44)53(51)48-36-20-10-18-32(38-22-12-24-40-34-16-4-8-28-46(34)54-49(38)40)42(36)30-43-33(19-11-21-37(43)48)39-23-13-25-41-35-17-5-9-29-47(35)55-50(39)41/h1-30H. The number of nitrogens with zero attached hydrogens (tertiary/aromatic N) is 2. The molecule has 0 radical (unpaired) electrons. The number of aromatic nitrogens is 2. The first kappa shape index (κ1) is 30.1. The molecular formula is C51H30N2O2. The molecule has 12 aromatic rings. The van der Waals surface area contributed by atoms with Crippen LogP contribution in [-0.2, 0) is 0 Å². The zero-order valence-electron chi connectivity index (χ0n) is 29.5. The highest BCUT2D eigenvalue weighted by Gasteiger charge is 2.23. The van der Waals surface area contributed by atoms with Crippen LogP contribution in [0.5, 0.6) is 0 Å². The van der Waals surface area contributed by atoms with Crippen LogP contribution in [-0.4, -0.2) is 9.55 Å². The predicted molar refractivity (Wildman–Crippen MR) is 227 cm³/mol. The van der Waals surface area contributed by atoms with Gasteiger partial charge in [0.1, 0.15) is 28.2 Å². The number of fused-ring (bicyclic) bond motifs is 9. The van der Waals surface area contributed by atoms with Gasteiger partial charge in [-0.15, -0.1) is 0 Å². The highest BCUT2D eigenvalue weighted by Crippen LogP contribution is 2.46. The van der Waals surface area contributed by atoms with Gasteiger partial charge in [-0.1, -0.05) is 152 Å². The summed E-state index contributed by atoms with van der Waals surface area (Å²) in [5.41, 5.74) is 12.0. The van der Waals surface area contributed by atoms with E-state index < -0.39 is 0 Å². The van der Waals surface area contributed by atoms with Crippen LogP contribution in [0.15, 0.2) is 191 Å². The van der Waals surface area contributed by atoms with Gasteiger partial charge in [0.2, 0.25) is 0 Å². The Bertz CT molecular complexity index is 3320. The molecule has 0 bridgehead atoms. The lowest BCUT2D eigenvalue weighted by Gasteiger charge is -2.20. The summed E-state index contributed by atoms with van der Waals surface area (Å²) in [5, 5.41) is 8.94. The summed E-state index contributed by atoms with van der Waals surface area (Å²) >= 11 is 0. The van der Waals surface area contributed by atoms with Gasteiger partial charge in [0.05, 0.1) is 16.7 Å². The third-order valence-corrected chi connectivity index (χ3v) is 11.2. The van der Waals surface area contributed by atoms with E-state index in [4.69, 9.17) is 13.8 Å². The van der Waals surface area contributed by atoms with Crippen molar-refractivity contribution in [1.29, 1.82) is 0 Å². The number of para-hydroxylation sites is 6. The topological polar surface area (TPSA) is 44.1 Å². The first-order valence-corrected chi connectivity index (χ1v) is 18.6. The summed E-state index contributed by atoms with van der Waals surface area (Å²) in [6.45, 7) is 0. The fourth-order valence-corrected chi connectivity index (χ4v) is 8.81. The minimum atomic E-state index is 0.884. The van der Waals surface area contributed by atoms with Gasteiger partial charge in [0.15, 0.2) is 0 Å². The third kappa shape index (κ3) is 4.37. The first-order chi connectivity index (χ1) is 27.3. The quantitative estimate of drug-likeness (QED) is 0.172. The summed E-state index contributed by atoms with van der Waals surface area (Å²) in [6, 6.07) is 64.2. The minimum Gasteiger partial charge on any atom is -0.455 e. The lowest BCUT2D eigenvalue weighted by Crippen LogP contribution is -2.01. The molecule has 3 aromatic heterocycles. The molecule has 9 aromatic carbocycles. The Hall–Kier alpha value is -7.43. The van der Waals surface area contributed by atoms with Crippen LogP contribution in [0.4, 0.5) is 0 Å². The molecule has 4 nitrogen and oxygen atoms in total. The molecule has 12 rings (SSSR count). The average molecular weight is 703 g/mol. The summed E-state index contributed by atoms with van der Waals surface area (Å²) in [5.74, 6) is 0.894. The van der Waals surface area contributed by atoms with Crippen molar-refractivity contribution in [3.63, 3.8) is 0 Å². The summed E-state index contributed by atoms with van der Waals surface area (Å²) in [7, 11) is 0. The number of rotatable bonds is 4. The van der Waals surface area contributed by atoms with E-state index in [-0.39, 0.29) is 0 Å². The lowest BCUT2D eigenvalue weighted by atomic mass is 9.89. The van der Waals surface area contributed by atoms with E-state index in [0.717, 1.165) is 116 Å². The zero-order chi connectivity index (χ0) is 36.0. The van der Waals surface area contributed by atoms with E-state index >= 15 is 0 Å².